The Labute approximate surface area is 645 Å². The fraction of sp³-hybridized carbons (Fsp3) is 0.953. The standard InChI is InChI=1S/C86H168O17P2/c1-6-9-12-15-18-20-22-24-26-27-28-29-30-31-36-40-44-48-52-57-62-67-72-86(91)103-82(76-97-84(89)70-65-60-55-50-46-42-39-35-33-32-34-38-41-45-49-54-58-63-68-79(4)5)78-101-105(94,95)99-74-80(87)73-98-104(92,93)100-77-81(75-96-83(88)69-64-59-53-17-14-11-8-3)102-85(90)71-66-61-56-51-47-43-37-25-23-21-19-16-13-10-7-2/h79-82,87H,6-78H2,1-5H3,(H,92,93)(H,94,95)/t80-,81+,82+/m0/s1. The highest BCUT2D eigenvalue weighted by Crippen LogP contribution is 2.45. The summed E-state index contributed by atoms with van der Waals surface area (Å²) in [6.07, 6.45) is 72.5. The van der Waals surface area contributed by atoms with Crippen LogP contribution in [0.3, 0.4) is 0 Å². The molecule has 0 aliphatic rings. The molecule has 0 fully saturated rings. The number of carbonyl (C=O) groups is 4. The number of phosphoric ester groups is 2. The van der Waals surface area contributed by atoms with Gasteiger partial charge in [-0.15, -0.1) is 0 Å². The number of carbonyl (C=O) groups excluding carboxylic acids is 4. The molecule has 2 unspecified atom stereocenters. The first-order valence-electron chi connectivity index (χ1n) is 44.6. The van der Waals surface area contributed by atoms with Gasteiger partial charge in [0.05, 0.1) is 26.4 Å². The minimum atomic E-state index is -4.96. The van der Waals surface area contributed by atoms with Gasteiger partial charge >= 0.3 is 39.5 Å². The first kappa shape index (κ1) is 103. The molecule has 0 aromatic carbocycles. The molecule has 105 heavy (non-hydrogen) atoms. The van der Waals surface area contributed by atoms with Gasteiger partial charge in [0.1, 0.15) is 19.3 Å². The molecule has 5 atom stereocenters. The average Bonchev–Trinajstić information content (AvgIpc) is 0.957. The van der Waals surface area contributed by atoms with Crippen molar-refractivity contribution in [1.29, 1.82) is 0 Å². The minimum absolute atomic E-state index is 0.108. The van der Waals surface area contributed by atoms with Crippen LogP contribution in [0.4, 0.5) is 0 Å². The van der Waals surface area contributed by atoms with Gasteiger partial charge in [0.25, 0.3) is 0 Å². The van der Waals surface area contributed by atoms with Crippen molar-refractivity contribution in [3.8, 4) is 0 Å². The number of hydrogen-bond acceptors (Lipinski definition) is 15. The maximum absolute atomic E-state index is 13.1. The normalized spacial score (nSPS) is 13.8. The predicted molar refractivity (Wildman–Crippen MR) is 432 cm³/mol. The monoisotopic (exact) mass is 1540 g/mol. The Hall–Kier alpha value is -1.94. The van der Waals surface area contributed by atoms with Crippen LogP contribution >= 0.6 is 15.6 Å². The largest absolute Gasteiger partial charge is 0.472 e. The van der Waals surface area contributed by atoms with Gasteiger partial charge in [0.15, 0.2) is 12.2 Å². The lowest BCUT2D eigenvalue weighted by molar-refractivity contribution is -0.161. The number of esters is 4. The van der Waals surface area contributed by atoms with E-state index in [0.717, 1.165) is 109 Å². The Morgan fingerprint density at radius 2 is 0.438 bits per heavy atom. The number of ether oxygens (including phenoxy) is 4. The first-order valence-corrected chi connectivity index (χ1v) is 47.6. The van der Waals surface area contributed by atoms with E-state index in [9.17, 15) is 43.2 Å². The molecule has 0 radical (unpaired) electrons. The lowest BCUT2D eigenvalue weighted by Crippen LogP contribution is -2.30. The van der Waals surface area contributed by atoms with E-state index in [0.29, 0.717) is 25.7 Å². The third-order valence-electron chi connectivity index (χ3n) is 20.3. The van der Waals surface area contributed by atoms with Crippen LogP contribution in [0.15, 0.2) is 0 Å². The summed E-state index contributed by atoms with van der Waals surface area (Å²) in [7, 11) is -9.92. The Kier molecular flexibility index (Phi) is 77.3. The topological polar surface area (TPSA) is 237 Å². The molecule has 0 saturated carbocycles. The molecule has 3 N–H and O–H groups in total. The summed E-state index contributed by atoms with van der Waals surface area (Å²) in [5, 5.41) is 10.7. The van der Waals surface area contributed by atoms with Crippen molar-refractivity contribution in [1.82, 2.24) is 0 Å². The number of unbranched alkanes of at least 4 members (excludes halogenated alkanes) is 58. The first-order chi connectivity index (χ1) is 51.0. The van der Waals surface area contributed by atoms with Crippen LogP contribution in [0.2, 0.25) is 0 Å². The zero-order chi connectivity index (χ0) is 76.9. The highest BCUT2D eigenvalue weighted by molar-refractivity contribution is 7.47. The summed E-state index contributed by atoms with van der Waals surface area (Å²) in [6.45, 7) is 7.35. The molecule has 0 aliphatic carbocycles. The van der Waals surface area contributed by atoms with Crippen LogP contribution in [0.1, 0.15) is 465 Å². The van der Waals surface area contributed by atoms with Crippen molar-refractivity contribution < 1.29 is 80.2 Å². The quantitative estimate of drug-likeness (QED) is 0.0222. The second-order valence-electron chi connectivity index (χ2n) is 31.4. The summed E-state index contributed by atoms with van der Waals surface area (Å²) in [6, 6.07) is 0. The fourth-order valence-corrected chi connectivity index (χ4v) is 15.1. The molecular weight excluding hydrogens is 1370 g/mol. The Morgan fingerprint density at radius 1 is 0.257 bits per heavy atom. The molecule has 0 spiro atoms. The maximum Gasteiger partial charge on any atom is 0.472 e. The summed E-state index contributed by atoms with van der Waals surface area (Å²) < 4.78 is 68.7. The zero-order valence-electron chi connectivity index (χ0n) is 68.9. The van der Waals surface area contributed by atoms with Crippen LogP contribution in [0.25, 0.3) is 0 Å². The molecule has 0 amide bonds. The number of aliphatic hydroxyl groups is 1. The third kappa shape index (κ3) is 79.9. The molecule has 0 rings (SSSR count). The van der Waals surface area contributed by atoms with Crippen LogP contribution in [0.5, 0.6) is 0 Å². The molecule has 0 bridgehead atoms. The highest BCUT2D eigenvalue weighted by atomic mass is 31.2. The molecule has 624 valence electrons. The SMILES string of the molecule is CCCCCCCCCCCCCCCCCCCCCCCCC(=O)O[C@H](COC(=O)CCCCCCCCCCCCCCCCCCCCC(C)C)COP(=O)(O)OC[C@@H](O)COP(=O)(O)OC[C@@H](COC(=O)CCCCCCCCC)OC(=O)CCCCCCCCCCCCCCCCC. The summed E-state index contributed by atoms with van der Waals surface area (Å²) >= 11 is 0. The van der Waals surface area contributed by atoms with Gasteiger partial charge in [-0.1, -0.05) is 413 Å². The maximum atomic E-state index is 13.1. The molecule has 0 aromatic heterocycles. The predicted octanol–water partition coefficient (Wildman–Crippen LogP) is 26.4. The second kappa shape index (κ2) is 78.7. The van der Waals surface area contributed by atoms with Crippen molar-refractivity contribution in [2.75, 3.05) is 39.6 Å². The van der Waals surface area contributed by atoms with Crippen LogP contribution in [-0.4, -0.2) is 96.7 Å². The van der Waals surface area contributed by atoms with Gasteiger partial charge in [-0.25, -0.2) is 9.13 Å². The fourth-order valence-electron chi connectivity index (χ4n) is 13.5. The van der Waals surface area contributed by atoms with Crippen LogP contribution in [-0.2, 0) is 65.4 Å². The number of phosphoric acid groups is 2. The van der Waals surface area contributed by atoms with E-state index in [-0.39, 0.29) is 25.7 Å². The average molecular weight is 1540 g/mol. The number of hydrogen-bond donors (Lipinski definition) is 3. The van der Waals surface area contributed by atoms with Crippen LogP contribution in [0, 0.1) is 5.92 Å². The summed E-state index contributed by atoms with van der Waals surface area (Å²) in [4.78, 5) is 73.0. The smallest absolute Gasteiger partial charge is 0.462 e. The van der Waals surface area contributed by atoms with E-state index >= 15 is 0 Å². The summed E-state index contributed by atoms with van der Waals surface area (Å²) in [5.74, 6) is -1.28. The zero-order valence-corrected chi connectivity index (χ0v) is 70.7. The minimum Gasteiger partial charge on any atom is -0.462 e. The van der Waals surface area contributed by atoms with E-state index in [2.05, 4.69) is 34.6 Å². The van der Waals surface area contributed by atoms with Gasteiger partial charge in [0, 0.05) is 25.7 Å². The Bertz CT molecular complexity index is 2000. The molecule has 0 heterocycles. The molecule has 19 heteroatoms. The Balaban J connectivity index is 5.15. The molecule has 0 aliphatic heterocycles. The van der Waals surface area contributed by atoms with Crippen molar-refractivity contribution in [2.24, 2.45) is 5.92 Å². The van der Waals surface area contributed by atoms with Gasteiger partial charge in [0.2, 0.25) is 0 Å². The molecule has 17 nitrogen and oxygen atoms in total. The summed E-state index contributed by atoms with van der Waals surface area (Å²) in [5.41, 5.74) is 0. The van der Waals surface area contributed by atoms with E-state index < -0.39 is 97.5 Å². The van der Waals surface area contributed by atoms with Gasteiger partial charge < -0.3 is 33.8 Å². The van der Waals surface area contributed by atoms with Crippen molar-refractivity contribution in [3.05, 3.63) is 0 Å². The van der Waals surface area contributed by atoms with Crippen LogP contribution < -0.4 is 0 Å². The number of aliphatic hydroxyl groups excluding tert-OH is 1. The lowest BCUT2D eigenvalue weighted by atomic mass is 10.0. The van der Waals surface area contributed by atoms with Crippen molar-refractivity contribution >= 4 is 39.5 Å². The van der Waals surface area contributed by atoms with E-state index in [1.165, 1.54) is 276 Å². The second-order valence-corrected chi connectivity index (χ2v) is 34.3. The highest BCUT2D eigenvalue weighted by Gasteiger charge is 2.30. The van der Waals surface area contributed by atoms with Gasteiger partial charge in [-0.3, -0.25) is 37.3 Å². The van der Waals surface area contributed by atoms with E-state index in [1.807, 2.05) is 0 Å². The van der Waals surface area contributed by atoms with E-state index in [4.69, 9.17) is 37.0 Å². The number of rotatable bonds is 86. The van der Waals surface area contributed by atoms with E-state index in [1.54, 1.807) is 0 Å². The molecule has 0 aromatic rings. The van der Waals surface area contributed by atoms with Crippen molar-refractivity contribution in [3.63, 3.8) is 0 Å². The van der Waals surface area contributed by atoms with Gasteiger partial charge in [-0.05, 0) is 31.6 Å². The van der Waals surface area contributed by atoms with Gasteiger partial charge in [-0.2, -0.15) is 0 Å². The molecule has 0 saturated heterocycles. The van der Waals surface area contributed by atoms with Crippen molar-refractivity contribution in [2.45, 2.75) is 483 Å². The third-order valence-corrected chi connectivity index (χ3v) is 22.2. The lowest BCUT2D eigenvalue weighted by Gasteiger charge is -2.21. The Morgan fingerprint density at radius 3 is 0.648 bits per heavy atom. The molecular formula is C86H168O17P2.